The molecule has 2 aromatic carbocycles. The van der Waals surface area contributed by atoms with Gasteiger partial charge in [-0.15, -0.1) is 0 Å². The van der Waals surface area contributed by atoms with Gasteiger partial charge in [-0.1, -0.05) is 55.0 Å². The van der Waals surface area contributed by atoms with Crippen LogP contribution in [0.25, 0.3) is 11.1 Å². The van der Waals surface area contributed by atoms with Crippen molar-refractivity contribution in [1.82, 2.24) is 10.2 Å². The van der Waals surface area contributed by atoms with E-state index in [9.17, 15) is 14.4 Å². The van der Waals surface area contributed by atoms with Crippen LogP contribution in [0.2, 0.25) is 0 Å². The molecule has 2 aliphatic rings. The number of fused-ring (bicyclic) bond motifs is 3. The van der Waals surface area contributed by atoms with Crippen LogP contribution in [-0.4, -0.2) is 54.2 Å². The Morgan fingerprint density at radius 2 is 1.67 bits per heavy atom. The van der Waals surface area contributed by atoms with Crippen LogP contribution in [0.4, 0.5) is 4.79 Å². The Labute approximate surface area is 193 Å². The molecule has 0 unspecified atom stereocenters. The van der Waals surface area contributed by atoms with Gasteiger partial charge in [-0.3, -0.25) is 9.59 Å². The highest BCUT2D eigenvalue weighted by atomic mass is 16.5. The lowest BCUT2D eigenvalue weighted by Crippen LogP contribution is -2.43. The first kappa shape index (κ1) is 22.8. The van der Waals surface area contributed by atoms with Crippen LogP contribution in [0, 0.1) is 5.92 Å². The van der Waals surface area contributed by atoms with Gasteiger partial charge in [-0.05, 0) is 41.5 Å². The summed E-state index contributed by atoms with van der Waals surface area (Å²) >= 11 is 0. The highest BCUT2D eigenvalue weighted by Gasteiger charge is 2.32. The van der Waals surface area contributed by atoms with Gasteiger partial charge < -0.3 is 20.1 Å². The maximum Gasteiger partial charge on any atom is 0.407 e. The summed E-state index contributed by atoms with van der Waals surface area (Å²) in [5.74, 6) is -1.19. The van der Waals surface area contributed by atoms with Crippen molar-refractivity contribution in [1.29, 1.82) is 0 Å². The van der Waals surface area contributed by atoms with Crippen molar-refractivity contribution in [3.8, 4) is 11.1 Å². The fourth-order valence-electron chi connectivity index (χ4n) is 5.04. The number of amides is 2. The normalized spacial score (nSPS) is 19.3. The van der Waals surface area contributed by atoms with Gasteiger partial charge in [-0.2, -0.15) is 0 Å². The number of carbonyl (C=O) groups excluding carboxylic acids is 2. The minimum Gasteiger partial charge on any atom is -0.481 e. The fraction of sp³-hybridized carbons (Fsp3) is 0.423. The number of carbonyl (C=O) groups is 3. The van der Waals surface area contributed by atoms with Crippen LogP contribution < -0.4 is 5.32 Å². The van der Waals surface area contributed by atoms with Gasteiger partial charge in [0.15, 0.2) is 0 Å². The second kappa shape index (κ2) is 10.1. The molecule has 33 heavy (non-hydrogen) atoms. The molecule has 2 atom stereocenters. The van der Waals surface area contributed by atoms with Gasteiger partial charge in [-0.25, -0.2) is 4.79 Å². The SMILES string of the molecule is CN(CCC(=O)O)C(=O)[C@H]1CCC[C@@H](NC(=O)OCC2c3ccccc3-c3ccccc32)C1. The number of hydrogen-bond donors (Lipinski definition) is 2. The Morgan fingerprint density at radius 3 is 2.30 bits per heavy atom. The van der Waals surface area contributed by atoms with E-state index in [4.69, 9.17) is 9.84 Å². The number of aliphatic carboxylic acids is 1. The van der Waals surface area contributed by atoms with E-state index >= 15 is 0 Å². The number of rotatable bonds is 7. The van der Waals surface area contributed by atoms with Crippen LogP contribution in [-0.2, 0) is 14.3 Å². The molecule has 0 aliphatic heterocycles. The molecule has 1 saturated carbocycles. The number of benzene rings is 2. The zero-order chi connectivity index (χ0) is 23.4. The van der Waals surface area contributed by atoms with Crippen molar-refractivity contribution < 1.29 is 24.2 Å². The first-order valence-corrected chi connectivity index (χ1v) is 11.5. The van der Waals surface area contributed by atoms with E-state index in [1.165, 1.54) is 27.2 Å². The molecule has 0 aromatic heterocycles. The topological polar surface area (TPSA) is 95.9 Å². The fourth-order valence-corrected chi connectivity index (χ4v) is 5.04. The summed E-state index contributed by atoms with van der Waals surface area (Å²) in [5, 5.41) is 11.8. The maximum absolute atomic E-state index is 12.7. The quantitative estimate of drug-likeness (QED) is 0.664. The van der Waals surface area contributed by atoms with Crippen LogP contribution in [0.3, 0.4) is 0 Å². The lowest BCUT2D eigenvalue weighted by atomic mass is 9.85. The van der Waals surface area contributed by atoms with Crippen LogP contribution >= 0.6 is 0 Å². The molecular formula is C26H30N2O5. The predicted molar refractivity (Wildman–Crippen MR) is 124 cm³/mol. The number of alkyl carbamates (subject to hydrolysis) is 1. The Hall–Kier alpha value is -3.35. The van der Waals surface area contributed by atoms with Crippen molar-refractivity contribution in [2.24, 2.45) is 5.92 Å². The van der Waals surface area contributed by atoms with Crippen LogP contribution in [0.1, 0.15) is 49.1 Å². The highest BCUT2D eigenvalue weighted by Crippen LogP contribution is 2.44. The van der Waals surface area contributed by atoms with E-state index < -0.39 is 12.1 Å². The molecule has 2 aromatic rings. The molecule has 2 amide bonds. The van der Waals surface area contributed by atoms with Crippen molar-refractivity contribution in [3.05, 3.63) is 59.7 Å². The number of carboxylic acids is 1. The third kappa shape index (κ3) is 5.18. The molecule has 0 heterocycles. The molecule has 0 saturated heterocycles. The highest BCUT2D eigenvalue weighted by molar-refractivity contribution is 5.80. The summed E-state index contributed by atoms with van der Waals surface area (Å²) in [6, 6.07) is 16.3. The van der Waals surface area contributed by atoms with Gasteiger partial charge in [0.25, 0.3) is 0 Å². The van der Waals surface area contributed by atoms with E-state index in [-0.39, 0.29) is 43.4 Å². The second-order valence-corrected chi connectivity index (χ2v) is 8.93. The van der Waals surface area contributed by atoms with E-state index in [0.717, 1.165) is 19.3 Å². The summed E-state index contributed by atoms with van der Waals surface area (Å²) in [6.07, 6.45) is 2.38. The Balaban J connectivity index is 1.31. The number of hydrogen-bond acceptors (Lipinski definition) is 4. The summed E-state index contributed by atoms with van der Waals surface area (Å²) in [5.41, 5.74) is 4.70. The Bertz CT molecular complexity index is 991. The third-order valence-electron chi connectivity index (χ3n) is 6.73. The van der Waals surface area contributed by atoms with Crippen LogP contribution in [0.15, 0.2) is 48.5 Å². The third-order valence-corrected chi connectivity index (χ3v) is 6.73. The Morgan fingerprint density at radius 1 is 1.03 bits per heavy atom. The Kier molecular flexibility index (Phi) is 6.96. The van der Waals surface area contributed by atoms with E-state index in [2.05, 4.69) is 29.6 Å². The molecular weight excluding hydrogens is 420 g/mol. The van der Waals surface area contributed by atoms with Gasteiger partial charge in [0.1, 0.15) is 6.61 Å². The van der Waals surface area contributed by atoms with Crippen molar-refractivity contribution in [3.63, 3.8) is 0 Å². The summed E-state index contributed by atoms with van der Waals surface area (Å²) in [6.45, 7) is 0.446. The second-order valence-electron chi connectivity index (χ2n) is 8.93. The van der Waals surface area contributed by atoms with Crippen molar-refractivity contribution >= 4 is 18.0 Å². The lowest BCUT2D eigenvalue weighted by Gasteiger charge is -2.31. The molecule has 0 bridgehead atoms. The number of carboxylic acid groups (broad SMARTS) is 1. The molecule has 174 valence electrons. The van der Waals surface area contributed by atoms with Crippen molar-refractivity contribution in [2.45, 2.75) is 44.1 Å². The average molecular weight is 451 g/mol. The smallest absolute Gasteiger partial charge is 0.407 e. The zero-order valence-corrected chi connectivity index (χ0v) is 18.8. The number of ether oxygens (including phenoxy) is 1. The average Bonchev–Trinajstić information content (AvgIpc) is 3.14. The minimum atomic E-state index is -0.923. The van der Waals surface area contributed by atoms with Gasteiger partial charge in [0, 0.05) is 31.5 Å². The number of nitrogens with one attached hydrogen (secondary N) is 1. The molecule has 1 fully saturated rings. The van der Waals surface area contributed by atoms with Gasteiger partial charge in [0.05, 0.1) is 6.42 Å². The number of nitrogens with zero attached hydrogens (tertiary/aromatic N) is 1. The summed E-state index contributed by atoms with van der Waals surface area (Å²) in [7, 11) is 1.63. The lowest BCUT2D eigenvalue weighted by molar-refractivity contribution is -0.139. The molecule has 0 spiro atoms. The largest absolute Gasteiger partial charge is 0.481 e. The minimum absolute atomic E-state index is 0.00622. The predicted octanol–water partition coefficient (Wildman–Crippen LogP) is 4.02. The van der Waals surface area contributed by atoms with E-state index in [1.807, 2.05) is 24.3 Å². The molecule has 7 nitrogen and oxygen atoms in total. The molecule has 7 heteroatoms. The van der Waals surface area contributed by atoms with Crippen LogP contribution in [0.5, 0.6) is 0 Å². The molecule has 0 radical (unpaired) electrons. The van der Waals surface area contributed by atoms with E-state index in [0.29, 0.717) is 6.42 Å². The monoisotopic (exact) mass is 450 g/mol. The zero-order valence-electron chi connectivity index (χ0n) is 18.8. The maximum atomic E-state index is 12.7. The van der Waals surface area contributed by atoms with Crippen molar-refractivity contribution in [2.75, 3.05) is 20.2 Å². The van der Waals surface area contributed by atoms with E-state index in [1.54, 1.807) is 7.05 Å². The van der Waals surface area contributed by atoms with Gasteiger partial charge in [0.2, 0.25) is 5.91 Å². The first-order valence-electron chi connectivity index (χ1n) is 11.5. The molecule has 2 N–H and O–H groups in total. The first-order chi connectivity index (χ1) is 15.9. The molecule has 2 aliphatic carbocycles. The summed E-state index contributed by atoms with van der Waals surface area (Å²) in [4.78, 5) is 37.5. The van der Waals surface area contributed by atoms with Gasteiger partial charge >= 0.3 is 12.1 Å². The summed E-state index contributed by atoms with van der Waals surface area (Å²) < 4.78 is 5.64. The molecule has 4 rings (SSSR count). The standard InChI is InChI=1S/C26H30N2O5/c1-28(14-13-24(29)30)25(31)17-7-6-8-18(15-17)27-26(32)33-16-23-21-11-4-2-9-19(21)20-10-3-5-12-22(20)23/h2-5,9-12,17-18,23H,6-8,13-16H2,1H3,(H,27,32)(H,29,30)/t17-,18+/m0/s1.